The number of urea groups is 1. The molecule has 1 aromatic rings. The molecular weight excluding hydrogens is 288 g/mol. The first-order valence-electron chi connectivity index (χ1n) is 7.32. The van der Waals surface area contributed by atoms with Crippen molar-refractivity contribution in [3.8, 4) is 0 Å². The number of carboxylic acids is 1. The number of hydrogen-bond donors (Lipinski definition) is 3. The SMILES string of the molecule is CCCC(NC(=O)NCC(C)CCC(=O)O)c1cccs1. The van der Waals surface area contributed by atoms with Crippen LogP contribution < -0.4 is 10.6 Å². The van der Waals surface area contributed by atoms with Gasteiger partial charge in [0.25, 0.3) is 0 Å². The number of aliphatic carboxylic acids is 1. The van der Waals surface area contributed by atoms with Gasteiger partial charge in [-0.3, -0.25) is 4.79 Å². The normalized spacial score (nSPS) is 13.4. The molecule has 3 N–H and O–H groups in total. The second-order valence-electron chi connectivity index (χ2n) is 5.25. The van der Waals surface area contributed by atoms with Crippen molar-refractivity contribution >= 4 is 23.3 Å². The molecule has 5 nitrogen and oxygen atoms in total. The summed E-state index contributed by atoms with van der Waals surface area (Å²) < 4.78 is 0. The molecule has 0 bridgehead atoms. The Hall–Kier alpha value is -1.56. The van der Waals surface area contributed by atoms with Gasteiger partial charge in [-0.15, -0.1) is 11.3 Å². The first-order chi connectivity index (χ1) is 10.0. The minimum absolute atomic E-state index is 0.0457. The van der Waals surface area contributed by atoms with Gasteiger partial charge in [-0.05, 0) is 30.2 Å². The number of carbonyl (C=O) groups excluding carboxylic acids is 1. The smallest absolute Gasteiger partial charge is 0.315 e. The fourth-order valence-electron chi connectivity index (χ4n) is 2.01. The molecule has 0 aliphatic heterocycles. The van der Waals surface area contributed by atoms with Gasteiger partial charge >= 0.3 is 12.0 Å². The molecule has 2 amide bonds. The van der Waals surface area contributed by atoms with Crippen LogP contribution in [0, 0.1) is 5.92 Å². The molecule has 0 saturated carbocycles. The molecule has 0 spiro atoms. The van der Waals surface area contributed by atoms with Gasteiger partial charge in [0.2, 0.25) is 0 Å². The van der Waals surface area contributed by atoms with E-state index in [9.17, 15) is 9.59 Å². The van der Waals surface area contributed by atoms with Crippen LogP contribution in [-0.2, 0) is 4.79 Å². The van der Waals surface area contributed by atoms with Crippen molar-refractivity contribution in [1.29, 1.82) is 0 Å². The maximum atomic E-state index is 11.9. The van der Waals surface area contributed by atoms with Crippen molar-refractivity contribution in [1.82, 2.24) is 10.6 Å². The maximum Gasteiger partial charge on any atom is 0.315 e. The van der Waals surface area contributed by atoms with E-state index in [4.69, 9.17) is 5.11 Å². The van der Waals surface area contributed by atoms with E-state index in [1.54, 1.807) is 11.3 Å². The lowest BCUT2D eigenvalue weighted by atomic mass is 10.1. The Bertz CT molecular complexity index is 434. The fourth-order valence-corrected chi connectivity index (χ4v) is 2.82. The van der Waals surface area contributed by atoms with Gasteiger partial charge in [-0.2, -0.15) is 0 Å². The van der Waals surface area contributed by atoms with Crippen molar-refractivity contribution in [2.24, 2.45) is 5.92 Å². The summed E-state index contributed by atoms with van der Waals surface area (Å²) in [5.41, 5.74) is 0. The highest BCUT2D eigenvalue weighted by Gasteiger charge is 2.15. The average molecular weight is 312 g/mol. The van der Waals surface area contributed by atoms with Crippen LogP contribution in [0.4, 0.5) is 4.79 Å². The zero-order valence-electron chi connectivity index (χ0n) is 12.6. The molecule has 21 heavy (non-hydrogen) atoms. The molecule has 0 saturated heterocycles. The largest absolute Gasteiger partial charge is 0.481 e. The number of rotatable bonds is 9. The molecule has 1 rings (SSSR count). The molecule has 0 aromatic carbocycles. The van der Waals surface area contributed by atoms with Crippen molar-refractivity contribution in [3.05, 3.63) is 22.4 Å². The summed E-state index contributed by atoms with van der Waals surface area (Å²) in [5, 5.41) is 16.4. The van der Waals surface area contributed by atoms with Crippen molar-refractivity contribution < 1.29 is 14.7 Å². The Labute approximate surface area is 129 Å². The first-order valence-corrected chi connectivity index (χ1v) is 8.20. The van der Waals surface area contributed by atoms with E-state index in [1.165, 1.54) is 0 Å². The number of hydrogen-bond acceptors (Lipinski definition) is 3. The highest BCUT2D eigenvalue weighted by Crippen LogP contribution is 2.22. The van der Waals surface area contributed by atoms with Crippen molar-refractivity contribution in [2.45, 2.75) is 45.6 Å². The van der Waals surface area contributed by atoms with Gasteiger partial charge in [0.05, 0.1) is 6.04 Å². The standard InChI is InChI=1S/C15H24N2O3S/c1-3-5-12(13-6-4-9-21-13)17-15(20)16-10-11(2)7-8-14(18)19/h4,6,9,11-12H,3,5,7-8,10H2,1-2H3,(H,18,19)(H2,16,17,20). The van der Waals surface area contributed by atoms with Gasteiger partial charge in [0, 0.05) is 17.8 Å². The van der Waals surface area contributed by atoms with Gasteiger partial charge in [-0.25, -0.2) is 4.79 Å². The Kier molecular flexibility index (Phi) is 7.82. The molecule has 0 aliphatic carbocycles. The van der Waals surface area contributed by atoms with E-state index in [0.717, 1.165) is 17.7 Å². The second-order valence-corrected chi connectivity index (χ2v) is 6.23. The second kappa shape index (κ2) is 9.39. The van der Waals surface area contributed by atoms with Crippen LogP contribution in [0.5, 0.6) is 0 Å². The third kappa shape index (κ3) is 7.13. The molecule has 2 atom stereocenters. The molecule has 1 aromatic heterocycles. The van der Waals surface area contributed by atoms with Crippen LogP contribution in [0.2, 0.25) is 0 Å². The summed E-state index contributed by atoms with van der Waals surface area (Å²) in [7, 11) is 0. The molecule has 1 heterocycles. The summed E-state index contributed by atoms with van der Waals surface area (Å²) in [6.45, 7) is 4.52. The lowest BCUT2D eigenvalue weighted by Crippen LogP contribution is -2.39. The average Bonchev–Trinajstić information content (AvgIpc) is 2.96. The zero-order valence-corrected chi connectivity index (χ0v) is 13.4. The summed E-state index contributed by atoms with van der Waals surface area (Å²) in [6, 6.07) is 3.87. The summed E-state index contributed by atoms with van der Waals surface area (Å²) in [6.07, 6.45) is 2.61. The highest BCUT2D eigenvalue weighted by atomic mass is 32.1. The van der Waals surface area contributed by atoms with Crippen LogP contribution in [-0.4, -0.2) is 23.7 Å². The van der Waals surface area contributed by atoms with Crippen LogP contribution in [0.15, 0.2) is 17.5 Å². The van der Waals surface area contributed by atoms with E-state index < -0.39 is 5.97 Å². The number of carboxylic acid groups (broad SMARTS) is 1. The van der Waals surface area contributed by atoms with Crippen LogP contribution in [0.25, 0.3) is 0 Å². The quantitative estimate of drug-likeness (QED) is 0.654. The predicted molar refractivity (Wildman–Crippen MR) is 84.5 cm³/mol. The molecule has 0 radical (unpaired) electrons. The number of carbonyl (C=O) groups is 2. The summed E-state index contributed by atoms with van der Waals surface area (Å²) in [5.74, 6) is -0.648. The van der Waals surface area contributed by atoms with Crippen LogP contribution in [0.3, 0.4) is 0 Å². The lowest BCUT2D eigenvalue weighted by Gasteiger charge is -2.18. The van der Waals surface area contributed by atoms with E-state index in [0.29, 0.717) is 13.0 Å². The van der Waals surface area contributed by atoms with Gasteiger partial charge in [0.15, 0.2) is 0 Å². The Morgan fingerprint density at radius 3 is 2.71 bits per heavy atom. The third-order valence-electron chi connectivity index (χ3n) is 3.23. The van der Waals surface area contributed by atoms with Crippen molar-refractivity contribution in [2.75, 3.05) is 6.54 Å². The Morgan fingerprint density at radius 2 is 2.14 bits per heavy atom. The maximum absolute atomic E-state index is 11.9. The predicted octanol–water partition coefficient (Wildman–Crippen LogP) is 3.39. The van der Waals surface area contributed by atoms with E-state index in [2.05, 4.69) is 17.6 Å². The first kappa shape index (κ1) is 17.5. The van der Waals surface area contributed by atoms with E-state index >= 15 is 0 Å². The minimum atomic E-state index is -0.799. The summed E-state index contributed by atoms with van der Waals surface area (Å²) >= 11 is 1.64. The molecular formula is C15H24N2O3S. The zero-order chi connectivity index (χ0) is 15.7. The molecule has 6 heteroatoms. The van der Waals surface area contributed by atoms with Gasteiger partial charge in [-0.1, -0.05) is 26.3 Å². The minimum Gasteiger partial charge on any atom is -0.481 e. The number of thiophene rings is 1. The monoisotopic (exact) mass is 312 g/mol. The number of amides is 2. The molecule has 2 unspecified atom stereocenters. The summed E-state index contributed by atoms with van der Waals surface area (Å²) in [4.78, 5) is 23.6. The van der Waals surface area contributed by atoms with Crippen LogP contribution in [0.1, 0.15) is 50.4 Å². The Morgan fingerprint density at radius 1 is 1.38 bits per heavy atom. The topological polar surface area (TPSA) is 78.4 Å². The van der Waals surface area contributed by atoms with Gasteiger partial charge < -0.3 is 15.7 Å². The molecule has 0 fully saturated rings. The van der Waals surface area contributed by atoms with Crippen LogP contribution >= 0.6 is 11.3 Å². The molecule has 118 valence electrons. The van der Waals surface area contributed by atoms with Gasteiger partial charge in [0.1, 0.15) is 0 Å². The van der Waals surface area contributed by atoms with E-state index in [-0.39, 0.29) is 24.4 Å². The van der Waals surface area contributed by atoms with E-state index in [1.807, 2.05) is 24.4 Å². The third-order valence-corrected chi connectivity index (χ3v) is 4.22. The van der Waals surface area contributed by atoms with Crippen molar-refractivity contribution in [3.63, 3.8) is 0 Å². The number of nitrogens with one attached hydrogen (secondary N) is 2. The fraction of sp³-hybridized carbons (Fsp3) is 0.600. The molecule has 0 aliphatic rings. The Balaban J connectivity index is 2.35. The highest BCUT2D eigenvalue weighted by molar-refractivity contribution is 7.10. The lowest BCUT2D eigenvalue weighted by molar-refractivity contribution is -0.137.